The van der Waals surface area contributed by atoms with Gasteiger partial charge in [-0.15, -0.1) is 0 Å². The average Bonchev–Trinajstić information content (AvgIpc) is 3.25. The summed E-state index contributed by atoms with van der Waals surface area (Å²) >= 11 is 3.35. The third-order valence-corrected chi connectivity index (χ3v) is 4.51. The second kappa shape index (κ2) is 10.3. The van der Waals surface area contributed by atoms with E-state index < -0.39 is 0 Å². The molecule has 2 heterocycles. The van der Waals surface area contributed by atoms with Gasteiger partial charge in [0.15, 0.2) is 0 Å². The third kappa shape index (κ3) is 6.39. The summed E-state index contributed by atoms with van der Waals surface area (Å²) in [5, 5.41) is 5.56. The monoisotopic (exact) mass is 453 g/mol. The summed E-state index contributed by atoms with van der Waals surface area (Å²) < 4.78 is 2.72. The van der Waals surface area contributed by atoms with Crippen LogP contribution < -0.4 is 10.6 Å². The van der Waals surface area contributed by atoms with E-state index in [9.17, 15) is 9.59 Å². The average molecular weight is 454 g/mol. The molecule has 0 saturated heterocycles. The fourth-order valence-electron chi connectivity index (χ4n) is 2.59. The molecule has 0 spiro atoms. The van der Waals surface area contributed by atoms with Gasteiger partial charge in [-0.1, -0.05) is 28.1 Å². The molecule has 0 fully saturated rings. The highest BCUT2D eigenvalue weighted by molar-refractivity contribution is 9.10. The SMILES string of the molecule is O=C(NCCCn1ccnc1)/C(=C/c1cccnc1)NC(=O)c1cccc(Br)c1. The molecule has 0 unspecified atom stereocenters. The molecule has 8 heteroatoms. The van der Waals surface area contributed by atoms with Gasteiger partial charge in [-0.25, -0.2) is 4.98 Å². The number of aryl methyl sites for hydroxylation is 1. The predicted octanol–water partition coefficient (Wildman–Crippen LogP) is 3.02. The Kier molecular flexibility index (Phi) is 7.29. The van der Waals surface area contributed by atoms with E-state index in [0.29, 0.717) is 17.7 Å². The minimum atomic E-state index is -0.366. The van der Waals surface area contributed by atoms with E-state index in [1.54, 1.807) is 55.3 Å². The van der Waals surface area contributed by atoms with Gasteiger partial charge in [0, 0.05) is 47.9 Å². The number of amides is 2. The molecule has 0 bridgehead atoms. The molecule has 0 aliphatic rings. The van der Waals surface area contributed by atoms with Gasteiger partial charge in [-0.2, -0.15) is 0 Å². The van der Waals surface area contributed by atoms with Gasteiger partial charge in [0.05, 0.1) is 6.33 Å². The quantitative estimate of drug-likeness (QED) is 0.405. The summed E-state index contributed by atoms with van der Waals surface area (Å²) in [6.45, 7) is 1.21. The summed E-state index contributed by atoms with van der Waals surface area (Å²) in [5.41, 5.74) is 1.32. The number of pyridine rings is 1. The van der Waals surface area contributed by atoms with Crippen LogP contribution in [0.4, 0.5) is 0 Å². The van der Waals surface area contributed by atoms with Crippen molar-refractivity contribution in [2.45, 2.75) is 13.0 Å². The molecule has 3 aromatic rings. The van der Waals surface area contributed by atoms with E-state index in [1.807, 2.05) is 22.9 Å². The lowest BCUT2D eigenvalue weighted by Gasteiger charge is -2.11. The molecule has 0 radical (unpaired) electrons. The number of benzene rings is 1. The van der Waals surface area contributed by atoms with Crippen molar-refractivity contribution < 1.29 is 9.59 Å². The zero-order chi connectivity index (χ0) is 20.5. The van der Waals surface area contributed by atoms with Gasteiger partial charge in [0.2, 0.25) is 0 Å². The lowest BCUT2D eigenvalue weighted by Crippen LogP contribution is -2.35. The van der Waals surface area contributed by atoms with E-state index in [0.717, 1.165) is 17.4 Å². The maximum Gasteiger partial charge on any atom is 0.267 e. The minimum Gasteiger partial charge on any atom is -0.351 e. The van der Waals surface area contributed by atoms with Crippen molar-refractivity contribution in [1.82, 2.24) is 25.2 Å². The van der Waals surface area contributed by atoms with Crippen LogP contribution in [0.5, 0.6) is 0 Å². The van der Waals surface area contributed by atoms with Crippen LogP contribution in [0, 0.1) is 0 Å². The number of nitrogens with one attached hydrogen (secondary N) is 2. The van der Waals surface area contributed by atoms with Crippen LogP contribution in [-0.2, 0) is 11.3 Å². The highest BCUT2D eigenvalue weighted by Gasteiger charge is 2.14. The largest absolute Gasteiger partial charge is 0.351 e. The summed E-state index contributed by atoms with van der Waals surface area (Å²) in [6, 6.07) is 10.5. The van der Waals surface area contributed by atoms with Crippen LogP contribution in [0.15, 0.2) is 77.7 Å². The second-order valence-electron chi connectivity index (χ2n) is 6.22. The lowest BCUT2D eigenvalue weighted by atomic mass is 10.2. The predicted molar refractivity (Wildman–Crippen MR) is 114 cm³/mol. The molecule has 0 aliphatic heterocycles. The number of aromatic nitrogens is 3. The first-order valence-electron chi connectivity index (χ1n) is 9.04. The van der Waals surface area contributed by atoms with Crippen LogP contribution in [0.1, 0.15) is 22.3 Å². The maximum absolute atomic E-state index is 12.7. The smallest absolute Gasteiger partial charge is 0.267 e. The normalized spacial score (nSPS) is 11.1. The molecular formula is C21H20BrN5O2. The van der Waals surface area contributed by atoms with Gasteiger partial charge >= 0.3 is 0 Å². The van der Waals surface area contributed by atoms with Crippen molar-refractivity contribution in [3.8, 4) is 0 Å². The van der Waals surface area contributed by atoms with Crippen LogP contribution in [0.25, 0.3) is 6.08 Å². The minimum absolute atomic E-state index is 0.158. The fourth-order valence-corrected chi connectivity index (χ4v) is 2.99. The Hall–Kier alpha value is -3.26. The summed E-state index contributed by atoms with van der Waals surface area (Å²) in [6.07, 6.45) is 10.9. The third-order valence-electron chi connectivity index (χ3n) is 4.01. The molecule has 148 valence electrons. The number of rotatable bonds is 8. The summed E-state index contributed by atoms with van der Waals surface area (Å²) in [7, 11) is 0. The molecule has 3 rings (SSSR count). The number of nitrogens with zero attached hydrogens (tertiary/aromatic N) is 3. The number of hydrogen-bond acceptors (Lipinski definition) is 4. The lowest BCUT2D eigenvalue weighted by molar-refractivity contribution is -0.117. The molecule has 0 saturated carbocycles. The fraction of sp³-hybridized carbons (Fsp3) is 0.143. The van der Waals surface area contributed by atoms with E-state index in [2.05, 4.69) is 36.5 Å². The van der Waals surface area contributed by atoms with Crippen molar-refractivity contribution in [2.75, 3.05) is 6.54 Å². The van der Waals surface area contributed by atoms with Crippen LogP contribution in [0.3, 0.4) is 0 Å². The molecule has 2 N–H and O–H groups in total. The highest BCUT2D eigenvalue weighted by atomic mass is 79.9. The van der Waals surface area contributed by atoms with Gasteiger partial charge in [-0.3, -0.25) is 14.6 Å². The maximum atomic E-state index is 12.7. The van der Waals surface area contributed by atoms with Crippen molar-refractivity contribution in [2.24, 2.45) is 0 Å². The van der Waals surface area contributed by atoms with E-state index in [-0.39, 0.29) is 17.5 Å². The Morgan fingerprint density at radius 2 is 2.03 bits per heavy atom. The number of carbonyl (C=O) groups is 2. The molecule has 0 atom stereocenters. The van der Waals surface area contributed by atoms with Gasteiger partial charge in [0.1, 0.15) is 5.70 Å². The zero-order valence-corrected chi connectivity index (χ0v) is 17.2. The van der Waals surface area contributed by atoms with Crippen molar-refractivity contribution in [3.63, 3.8) is 0 Å². The molecular weight excluding hydrogens is 434 g/mol. The van der Waals surface area contributed by atoms with E-state index >= 15 is 0 Å². The van der Waals surface area contributed by atoms with E-state index in [4.69, 9.17) is 0 Å². The molecule has 7 nitrogen and oxygen atoms in total. The van der Waals surface area contributed by atoms with Crippen molar-refractivity contribution >= 4 is 33.8 Å². The van der Waals surface area contributed by atoms with Crippen molar-refractivity contribution in [3.05, 3.63) is 88.8 Å². The van der Waals surface area contributed by atoms with Gasteiger partial charge in [0.25, 0.3) is 11.8 Å². The Labute approximate surface area is 177 Å². The molecule has 2 amide bonds. The van der Waals surface area contributed by atoms with Gasteiger partial charge < -0.3 is 15.2 Å². The van der Waals surface area contributed by atoms with Crippen LogP contribution in [0.2, 0.25) is 0 Å². The molecule has 2 aromatic heterocycles. The van der Waals surface area contributed by atoms with Crippen LogP contribution in [-0.4, -0.2) is 32.9 Å². The summed E-state index contributed by atoms with van der Waals surface area (Å²) in [4.78, 5) is 33.3. The highest BCUT2D eigenvalue weighted by Crippen LogP contribution is 2.12. The Morgan fingerprint density at radius 1 is 1.14 bits per heavy atom. The summed E-state index contributed by atoms with van der Waals surface area (Å²) in [5.74, 6) is -0.724. The zero-order valence-electron chi connectivity index (χ0n) is 15.6. The Balaban J connectivity index is 1.68. The first kappa shape index (κ1) is 20.5. The van der Waals surface area contributed by atoms with Gasteiger partial charge in [-0.05, 0) is 42.3 Å². The Bertz CT molecular complexity index is 987. The molecule has 1 aromatic carbocycles. The number of imidazole rings is 1. The van der Waals surface area contributed by atoms with Crippen molar-refractivity contribution in [1.29, 1.82) is 0 Å². The van der Waals surface area contributed by atoms with E-state index in [1.165, 1.54) is 0 Å². The topological polar surface area (TPSA) is 88.9 Å². The number of carbonyl (C=O) groups excluding carboxylic acids is 2. The number of hydrogen-bond donors (Lipinski definition) is 2. The molecule has 29 heavy (non-hydrogen) atoms. The first-order chi connectivity index (χ1) is 14.1. The van der Waals surface area contributed by atoms with Crippen LogP contribution >= 0.6 is 15.9 Å². The Morgan fingerprint density at radius 3 is 2.76 bits per heavy atom. The standard InChI is InChI=1S/C21H20BrN5O2/c22-18-6-1-5-17(13-18)20(28)26-19(12-16-4-2-7-23-14-16)21(29)25-8-3-10-27-11-9-24-15-27/h1-2,4-7,9,11-15H,3,8,10H2,(H,25,29)(H,26,28)/b19-12-. The molecule has 0 aliphatic carbocycles. The number of halogens is 1. The second-order valence-corrected chi connectivity index (χ2v) is 7.13. The first-order valence-corrected chi connectivity index (χ1v) is 9.84.